The van der Waals surface area contributed by atoms with E-state index < -0.39 is 11.7 Å². The van der Waals surface area contributed by atoms with Crippen molar-refractivity contribution < 1.29 is 13.2 Å². The lowest BCUT2D eigenvalue weighted by molar-refractivity contribution is -0.137. The SMILES string of the molecule is Cc1nc(NCc2cc(N)cc(C(F)(F)F)c2)c2cc(N3CCCCC3)c3c(c2n1)CC(C)(C)C3. The number of fused-ring (bicyclic) bond motifs is 3. The van der Waals surface area contributed by atoms with Gasteiger partial charge in [0, 0.05) is 36.4 Å². The van der Waals surface area contributed by atoms with Crippen molar-refractivity contribution in [3.05, 3.63) is 52.3 Å². The molecule has 0 atom stereocenters. The van der Waals surface area contributed by atoms with Crippen LogP contribution in [0, 0.1) is 12.3 Å². The van der Waals surface area contributed by atoms with Crippen LogP contribution < -0.4 is 16.0 Å². The number of hydrogen-bond donors (Lipinski definition) is 2. The third-order valence-electron chi connectivity index (χ3n) is 7.11. The van der Waals surface area contributed by atoms with Crippen molar-refractivity contribution in [3.63, 3.8) is 0 Å². The molecule has 1 aliphatic heterocycles. The van der Waals surface area contributed by atoms with Gasteiger partial charge in [0.1, 0.15) is 11.6 Å². The van der Waals surface area contributed by atoms with E-state index in [2.05, 4.69) is 35.1 Å². The number of nitrogen functional groups attached to an aromatic ring is 1. The first kappa shape index (κ1) is 23.7. The predicted molar refractivity (Wildman–Crippen MR) is 135 cm³/mol. The van der Waals surface area contributed by atoms with Crippen LogP contribution in [0.5, 0.6) is 0 Å². The number of anilines is 3. The molecule has 1 aliphatic carbocycles. The first-order chi connectivity index (χ1) is 16.5. The molecule has 1 aromatic heterocycles. The molecule has 35 heavy (non-hydrogen) atoms. The van der Waals surface area contributed by atoms with Gasteiger partial charge in [0.2, 0.25) is 0 Å². The van der Waals surface area contributed by atoms with E-state index in [1.165, 1.54) is 36.1 Å². The van der Waals surface area contributed by atoms with E-state index in [9.17, 15) is 13.2 Å². The summed E-state index contributed by atoms with van der Waals surface area (Å²) in [5.41, 5.74) is 10.6. The summed E-state index contributed by atoms with van der Waals surface area (Å²) >= 11 is 0. The van der Waals surface area contributed by atoms with Crippen molar-refractivity contribution in [2.45, 2.75) is 65.6 Å². The number of halogens is 3. The molecule has 2 aliphatic rings. The lowest BCUT2D eigenvalue weighted by Gasteiger charge is -2.31. The van der Waals surface area contributed by atoms with Crippen LogP contribution >= 0.6 is 0 Å². The van der Waals surface area contributed by atoms with Gasteiger partial charge in [0.15, 0.2) is 0 Å². The lowest BCUT2D eigenvalue weighted by Crippen LogP contribution is -2.30. The largest absolute Gasteiger partial charge is 0.416 e. The minimum Gasteiger partial charge on any atom is -0.399 e. The topological polar surface area (TPSA) is 67.1 Å². The molecule has 0 unspecified atom stereocenters. The van der Waals surface area contributed by atoms with Crippen molar-refractivity contribution in [1.29, 1.82) is 0 Å². The summed E-state index contributed by atoms with van der Waals surface area (Å²) in [7, 11) is 0. The molecule has 0 spiro atoms. The number of nitrogens with two attached hydrogens (primary N) is 1. The van der Waals surface area contributed by atoms with Gasteiger partial charge < -0.3 is 16.0 Å². The van der Waals surface area contributed by atoms with Gasteiger partial charge in [-0.3, -0.25) is 0 Å². The molecule has 5 rings (SSSR count). The Morgan fingerprint density at radius 2 is 1.71 bits per heavy atom. The van der Waals surface area contributed by atoms with Crippen LogP contribution in [-0.4, -0.2) is 23.1 Å². The average Bonchev–Trinajstić information content (AvgIpc) is 3.12. The molecule has 3 N–H and O–H groups in total. The third-order valence-corrected chi connectivity index (χ3v) is 7.11. The third kappa shape index (κ3) is 4.75. The summed E-state index contributed by atoms with van der Waals surface area (Å²) in [6.45, 7) is 8.71. The molecule has 1 fully saturated rings. The highest BCUT2D eigenvalue weighted by molar-refractivity contribution is 5.96. The van der Waals surface area contributed by atoms with Crippen LogP contribution in [0.4, 0.5) is 30.4 Å². The zero-order valence-electron chi connectivity index (χ0n) is 20.5. The summed E-state index contributed by atoms with van der Waals surface area (Å²) in [6, 6.07) is 5.86. The number of aryl methyl sites for hydroxylation is 1. The smallest absolute Gasteiger partial charge is 0.399 e. The molecule has 2 aromatic carbocycles. The Balaban J connectivity index is 1.57. The quantitative estimate of drug-likeness (QED) is 0.429. The monoisotopic (exact) mass is 483 g/mol. The van der Waals surface area contributed by atoms with Gasteiger partial charge in [-0.15, -0.1) is 0 Å². The highest BCUT2D eigenvalue weighted by Gasteiger charge is 2.34. The van der Waals surface area contributed by atoms with Crippen LogP contribution in [0.2, 0.25) is 0 Å². The number of aromatic nitrogens is 2. The molecule has 1 saturated heterocycles. The van der Waals surface area contributed by atoms with Gasteiger partial charge in [0.05, 0.1) is 11.1 Å². The van der Waals surface area contributed by atoms with Gasteiger partial charge in [-0.1, -0.05) is 13.8 Å². The number of piperidine rings is 1. The zero-order valence-corrected chi connectivity index (χ0v) is 20.5. The Hall–Kier alpha value is -3.03. The van der Waals surface area contributed by atoms with Gasteiger partial charge in [-0.05, 0) is 85.4 Å². The van der Waals surface area contributed by atoms with E-state index >= 15 is 0 Å². The minimum absolute atomic E-state index is 0.0905. The molecule has 5 nitrogen and oxygen atoms in total. The van der Waals surface area contributed by atoms with Crippen LogP contribution in [0.15, 0.2) is 24.3 Å². The summed E-state index contributed by atoms with van der Waals surface area (Å²) in [4.78, 5) is 12.0. The zero-order chi connectivity index (χ0) is 25.0. The maximum absolute atomic E-state index is 13.3. The normalized spacial score (nSPS) is 17.6. The maximum atomic E-state index is 13.3. The molecule has 0 amide bonds. The fourth-order valence-electron chi connectivity index (χ4n) is 5.60. The Morgan fingerprint density at radius 3 is 2.43 bits per heavy atom. The van der Waals surface area contributed by atoms with Crippen LogP contribution in [0.3, 0.4) is 0 Å². The molecule has 8 heteroatoms. The van der Waals surface area contributed by atoms with E-state index in [0.29, 0.717) is 17.2 Å². The Labute approximate surface area is 203 Å². The molecular weight excluding hydrogens is 451 g/mol. The second kappa shape index (κ2) is 8.57. The highest BCUT2D eigenvalue weighted by Crippen LogP contribution is 2.45. The Kier molecular flexibility index (Phi) is 5.80. The summed E-state index contributed by atoms with van der Waals surface area (Å²) in [6.07, 6.45) is 1.14. The van der Waals surface area contributed by atoms with E-state index in [0.717, 1.165) is 49.0 Å². The molecule has 186 valence electrons. The van der Waals surface area contributed by atoms with Crippen molar-refractivity contribution in [3.8, 4) is 0 Å². The molecule has 0 bridgehead atoms. The van der Waals surface area contributed by atoms with E-state index in [4.69, 9.17) is 10.7 Å². The number of nitrogens with one attached hydrogen (secondary N) is 1. The standard InChI is InChI=1S/C27H32F3N5/c1-16-33-24-20(25(34-16)32-15-17-9-18(27(28,29)30)11-19(31)10-17)12-23(35-7-5-4-6-8-35)21-13-26(2,3)14-22(21)24/h9-12H,4-8,13-15,31H2,1-3H3,(H,32,33,34). The number of hydrogen-bond acceptors (Lipinski definition) is 5. The summed E-state index contributed by atoms with van der Waals surface area (Å²) in [5.74, 6) is 1.29. The minimum atomic E-state index is -4.45. The number of rotatable bonds is 4. The summed E-state index contributed by atoms with van der Waals surface area (Å²) < 4.78 is 39.8. The molecular formula is C27H32F3N5. The highest BCUT2D eigenvalue weighted by atomic mass is 19.4. The molecule has 0 saturated carbocycles. The van der Waals surface area contributed by atoms with Crippen LogP contribution in [-0.2, 0) is 25.6 Å². The van der Waals surface area contributed by atoms with Crippen molar-refractivity contribution in [1.82, 2.24) is 9.97 Å². The fourth-order valence-corrected chi connectivity index (χ4v) is 5.60. The van der Waals surface area contributed by atoms with E-state index in [1.807, 2.05) is 6.92 Å². The fraction of sp³-hybridized carbons (Fsp3) is 0.481. The first-order valence-corrected chi connectivity index (χ1v) is 12.3. The van der Waals surface area contributed by atoms with Crippen molar-refractivity contribution >= 4 is 28.1 Å². The van der Waals surface area contributed by atoms with Crippen LogP contribution in [0.25, 0.3) is 10.9 Å². The van der Waals surface area contributed by atoms with Gasteiger partial charge in [0.25, 0.3) is 0 Å². The second-order valence-corrected chi connectivity index (χ2v) is 10.7. The van der Waals surface area contributed by atoms with Gasteiger partial charge in [-0.2, -0.15) is 13.2 Å². The van der Waals surface area contributed by atoms with E-state index in [-0.39, 0.29) is 17.6 Å². The van der Waals surface area contributed by atoms with E-state index in [1.54, 1.807) is 6.07 Å². The maximum Gasteiger partial charge on any atom is 0.416 e. The molecule has 0 radical (unpaired) electrons. The van der Waals surface area contributed by atoms with Gasteiger partial charge in [-0.25, -0.2) is 9.97 Å². The molecule has 3 aromatic rings. The number of alkyl halides is 3. The predicted octanol–water partition coefficient (Wildman–Crippen LogP) is 6.27. The number of benzene rings is 2. The van der Waals surface area contributed by atoms with Crippen molar-refractivity contribution in [2.75, 3.05) is 29.0 Å². The Morgan fingerprint density at radius 1 is 1.00 bits per heavy atom. The van der Waals surface area contributed by atoms with Crippen LogP contribution in [0.1, 0.15) is 61.2 Å². The number of nitrogens with zero attached hydrogens (tertiary/aromatic N) is 3. The summed E-state index contributed by atoms with van der Waals surface area (Å²) in [5, 5.41) is 4.22. The second-order valence-electron chi connectivity index (χ2n) is 10.7. The lowest BCUT2D eigenvalue weighted by atomic mass is 9.90. The first-order valence-electron chi connectivity index (χ1n) is 12.3. The molecule has 2 heterocycles. The van der Waals surface area contributed by atoms with Crippen molar-refractivity contribution in [2.24, 2.45) is 5.41 Å². The average molecular weight is 484 g/mol. The van der Waals surface area contributed by atoms with Gasteiger partial charge >= 0.3 is 6.18 Å². The Bertz CT molecular complexity index is 1280.